The smallest absolute Gasteiger partial charge is 0.416 e. The van der Waals surface area contributed by atoms with Gasteiger partial charge in [-0.25, -0.2) is 0 Å². The second-order valence-electron chi connectivity index (χ2n) is 7.64. The van der Waals surface area contributed by atoms with E-state index in [0.29, 0.717) is 23.9 Å². The molecule has 1 aliphatic heterocycles. The summed E-state index contributed by atoms with van der Waals surface area (Å²) in [5.41, 5.74) is 0.121. The molecule has 1 saturated heterocycles. The Kier molecular flexibility index (Phi) is 6.16. The maximum atomic E-state index is 13.0. The average Bonchev–Trinajstić information content (AvgIpc) is 3.41. The molecular weight excluding hydrogens is 423 g/mol. The standard InChI is InChI=1S/C23H22F3N3O3/c1-2-3-11-31-19-9-7-15(8-10-19)22-27-21(28-32-22)16-12-20(30)29(14-16)18-6-4-5-17(13-18)23(24,25)26/h4-10,13,16H,2-3,11-12,14H2,1H3. The molecular formula is C23H22F3N3O3. The van der Waals surface area contributed by atoms with Gasteiger partial charge in [0.25, 0.3) is 5.89 Å². The van der Waals surface area contributed by atoms with Crippen molar-refractivity contribution in [1.29, 1.82) is 0 Å². The normalized spacial score (nSPS) is 16.6. The topological polar surface area (TPSA) is 68.5 Å². The van der Waals surface area contributed by atoms with Crippen LogP contribution in [0.2, 0.25) is 0 Å². The zero-order chi connectivity index (χ0) is 22.7. The molecule has 1 atom stereocenters. The van der Waals surface area contributed by atoms with E-state index < -0.39 is 11.7 Å². The summed E-state index contributed by atoms with van der Waals surface area (Å²) in [5, 5.41) is 4.00. The van der Waals surface area contributed by atoms with Crippen LogP contribution in [-0.4, -0.2) is 29.2 Å². The molecule has 1 unspecified atom stereocenters. The van der Waals surface area contributed by atoms with E-state index in [-0.39, 0.29) is 30.5 Å². The first-order valence-electron chi connectivity index (χ1n) is 10.4. The third-order valence-corrected chi connectivity index (χ3v) is 5.28. The van der Waals surface area contributed by atoms with Crippen LogP contribution in [0.5, 0.6) is 5.75 Å². The molecule has 4 rings (SSSR count). The van der Waals surface area contributed by atoms with Gasteiger partial charge in [0, 0.05) is 30.1 Å². The number of benzene rings is 2. The quantitative estimate of drug-likeness (QED) is 0.452. The molecule has 0 saturated carbocycles. The van der Waals surface area contributed by atoms with Gasteiger partial charge in [-0.15, -0.1) is 0 Å². The van der Waals surface area contributed by atoms with Gasteiger partial charge < -0.3 is 14.2 Å². The molecule has 2 aromatic carbocycles. The molecule has 168 valence electrons. The number of amides is 1. The van der Waals surface area contributed by atoms with Crippen molar-refractivity contribution in [2.24, 2.45) is 0 Å². The Morgan fingerprint density at radius 1 is 1.19 bits per heavy atom. The van der Waals surface area contributed by atoms with Crippen molar-refractivity contribution in [3.05, 3.63) is 59.9 Å². The summed E-state index contributed by atoms with van der Waals surface area (Å²) in [6.07, 6.45) is -2.35. The van der Waals surface area contributed by atoms with E-state index in [9.17, 15) is 18.0 Å². The highest BCUT2D eigenvalue weighted by Crippen LogP contribution is 2.35. The van der Waals surface area contributed by atoms with Crippen LogP contribution >= 0.6 is 0 Å². The molecule has 1 aliphatic rings. The Morgan fingerprint density at radius 3 is 2.69 bits per heavy atom. The number of aromatic nitrogens is 2. The number of halogens is 3. The lowest BCUT2D eigenvalue weighted by Crippen LogP contribution is -2.24. The van der Waals surface area contributed by atoms with Gasteiger partial charge in [0.2, 0.25) is 5.91 Å². The van der Waals surface area contributed by atoms with Gasteiger partial charge >= 0.3 is 6.18 Å². The van der Waals surface area contributed by atoms with E-state index in [1.165, 1.54) is 17.0 Å². The number of rotatable bonds is 7. The van der Waals surface area contributed by atoms with E-state index in [1.54, 1.807) is 0 Å². The van der Waals surface area contributed by atoms with Gasteiger partial charge in [0.05, 0.1) is 12.2 Å². The van der Waals surface area contributed by atoms with Crippen LogP contribution in [0, 0.1) is 0 Å². The Morgan fingerprint density at radius 2 is 1.97 bits per heavy atom. The maximum absolute atomic E-state index is 13.0. The Balaban J connectivity index is 1.46. The summed E-state index contributed by atoms with van der Waals surface area (Å²) in [6.45, 7) is 2.93. The fourth-order valence-corrected chi connectivity index (χ4v) is 3.53. The molecule has 1 amide bonds. The average molecular weight is 445 g/mol. The van der Waals surface area contributed by atoms with Crippen molar-refractivity contribution < 1.29 is 27.2 Å². The van der Waals surface area contributed by atoms with Gasteiger partial charge in [-0.05, 0) is 48.9 Å². The van der Waals surface area contributed by atoms with Crippen LogP contribution < -0.4 is 9.64 Å². The van der Waals surface area contributed by atoms with Crippen LogP contribution in [0.15, 0.2) is 53.1 Å². The van der Waals surface area contributed by atoms with Crippen LogP contribution in [-0.2, 0) is 11.0 Å². The Hall–Kier alpha value is -3.36. The number of hydrogen-bond acceptors (Lipinski definition) is 5. The second-order valence-corrected chi connectivity index (χ2v) is 7.64. The van der Waals surface area contributed by atoms with E-state index in [0.717, 1.165) is 30.7 Å². The fourth-order valence-electron chi connectivity index (χ4n) is 3.53. The number of nitrogens with zero attached hydrogens (tertiary/aromatic N) is 3. The van der Waals surface area contributed by atoms with Gasteiger partial charge in [-0.1, -0.05) is 24.6 Å². The van der Waals surface area contributed by atoms with Crippen molar-refractivity contribution in [3.8, 4) is 17.2 Å². The van der Waals surface area contributed by atoms with Crippen LogP contribution in [0.3, 0.4) is 0 Å². The lowest BCUT2D eigenvalue weighted by molar-refractivity contribution is -0.137. The Labute approximate surface area is 183 Å². The molecule has 1 aromatic heterocycles. The molecule has 0 bridgehead atoms. The third kappa shape index (κ3) is 4.76. The van der Waals surface area contributed by atoms with Crippen LogP contribution in [0.25, 0.3) is 11.5 Å². The predicted molar refractivity (Wildman–Crippen MR) is 111 cm³/mol. The minimum Gasteiger partial charge on any atom is -0.494 e. The third-order valence-electron chi connectivity index (χ3n) is 5.28. The van der Waals surface area contributed by atoms with Gasteiger partial charge in [0.1, 0.15) is 5.75 Å². The molecule has 0 N–H and O–H groups in total. The molecule has 2 heterocycles. The summed E-state index contributed by atoms with van der Waals surface area (Å²) in [4.78, 5) is 18.2. The molecule has 0 aliphatic carbocycles. The number of unbranched alkanes of at least 4 members (excludes halogenated alkanes) is 1. The lowest BCUT2D eigenvalue weighted by Gasteiger charge is -2.18. The highest BCUT2D eigenvalue weighted by atomic mass is 19.4. The van der Waals surface area contributed by atoms with Gasteiger partial charge in [-0.2, -0.15) is 18.2 Å². The number of anilines is 1. The van der Waals surface area contributed by atoms with Crippen molar-refractivity contribution in [1.82, 2.24) is 10.1 Å². The minimum atomic E-state index is -4.47. The Bertz CT molecular complexity index is 1080. The molecule has 3 aromatic rings. The first-order valence-corrected chi connectivity index (χ1v) is 10.4. The first kappa shape index (κ1) is 21.9. The number of carbonyl (C=O) groups is 1. The van der Waals surface area contributed by atoms with Crippen molar-refractivity contribution in [2.45, 2.75) is 38.3 Å². The van der Waals surface area contributed by atoms with Crippen molar-refractivity contribution in [2.75, 3.05) is 18.1 Å². The second kappa shape index (κ2) is 9.02. The summed E-state index contributed by atoms with van der Waals surface area (Å²) in [6, 6.07) is 12.0. The molecule has 32 heavy (non-hydrogen) atoms. The van der Waals surface area contributed by atoms with Crippen LogP contribution in [0.4, 0.5) is 18.9 Å². The highest BCUT2D eigenvalue weighted by molar-refractivity contribution is 5.96. The van der Waals surface area contributed by atoms with Crippen LogP contribution in [0.1, 0.15) is 43.5 Å². The van der Waals surface area contributed by atoms with E-state index in [2.05, 4.69) is 17.1 Å². The summed E-state index contributed by atoms with van der Waals surface area (Å²) < 4.78 is 50.0. The van der Waals surface area contributed by atoms with E-state index in [4.69, 9.17) is 9.26 Å². The molecule has 0 spiro atoms. The maximum Gasteiger partial charge on any atom is 0.416 e. The number of carbonyl (C=O) groups excluding carboxylic acids is 1. The predicted octanol–water partition coefficient (Wildman–Crippen LogP) is 5.45. The van der Waals surface area contributed by atoms with E-state index >= 15 is 0 Å². The van der Waals surface area contributed by atoms with Crippen molar-refractivity contribution >= 4 is 11.6 Å². The van der Waals surface area contributed by atoms with Crippen molar-refractivity contribution in [3.63, 3.8) is 0 Å². The number of alkyl halides is 3. The van der Waals surface area contributed by atoms with Gasteiger partial charge in [0.15, 0.2) is 5.82 Å². The molecule has 6 nitrogen and oxygen atoms in total. The first-order chi connectivity index (χ1) is 15.3. The number of hydrogen-bond donors (Lipinski definition) is 0. The molecule has 0 radical (unpaired) electrons. The zero-order valence-electron chi connectivity index (χ0n) is 17.4. The molecule has 9 heteroatoms. The summed E-state index contributed by atoms with van der Waals surface area (Å²) in [5.74, 6) is 0.761. The highest BCUT2D eigenvalue weighted by Gasteiger charge is 2.36. The number of ether oxygens (including phenoxy) is 1. The monoisotopic (exact) mass is 445 g/mol. The van der Waals surface area contributed by atoms with Gasteiger partial charge in [-0.3, -0.25) is 4.79 Å². The summed E-state index contributed by atoms with van der Waals surface area (Å²) in [7, 11) is 0. The van der Waals surface area contributed by atoms with E-state index in [1.807, 2.05) is 24.3 Å². The lowest BCUT2D eigenvalue weighted by atomic mass is 10.1. The largest absolute Gasteiger partial charge is 0.494 e. The fraction of sp³-hybridized carbons (Fsp3) is 0.348. The minimum absolute atomic E-state index is 0.0967. The summed E-state index contributed by atoms with van der Waals surface area (Å²) >= 11 is 0. The molecule has 1 fully saturated rings. The SMILES string of the molecule is CCCCOc1ccc(-c2nc(C3CC(=O)N(c4cccc(C(F)(F)F)c4)C3)no2)cc1. The zero-order valence-corrected chi connectivity index (χ0v) is 17.4.